The minimum atomic E-state index is -2.71. The molecule has 0 atom stereocenters. The number of hydrogen-bond acceptors (Lipinski definition) is 4. The first kappa shape index (κ1) is 19.9. The van der Waals surface area contributed by atoms with E-state index < -0.39 is 14.8 Å². The number of halogens is 1. The van der Waals surface area contributed by atoms with Crippen LogP contribution in [0.1, 0.15) is 39.5 Å². The van der Waals surface area contributed by atoms with Crippen LogP contribution in [0.3, 0.4) is 0 Å². The van der Waals surface area contributed by atoms with E-state index in [-0.39, 0.29) is 10.7 Å². The number of nitro groups is 1. The zero-order valence-corrected chi connectivity index (χ0v) is 14.0. The van der Waals surface area contributed by atoms with Crippen molar-refractivity contribution in [3.63, 3.8) is 0 Å². The van der Waals surface area contributed by atoms with E-state index >= 15 is 0 Å². The normalized spacial score (nSPS) is 10.6. The minimum Gasteiger partial charge on any atom is -0.258 e. The van der Waals surface area contributed by atoms with Gasteiger partial charge >= 0.3 is 0 Å². The van der Waals surface area contributed by atoms with Gasteiger partial charge in [0.25, 0.3) is 5.69 Å². The van der Waals surface area contributed by atoms with E-state index in [4.69, 9.17) is 11.6 Å². The molecule has 0 radical (unpaired) electrons. The number of rotatable bonds is 7. The van der Waals surface area contributed by atoms with E-state index in [1.54, 1.807) is 12.1 Å². The van der Waals surface area contributed by atoms with Gasteiger partial charge in [0.2, 0.25) is 0 Å². The molecule has 0 amide bonds. The molecule has 0 aliphatic carbocycles. The molecule has 0 aliphatic rings. The maximum atomic E-state index is 11.1. The second kappa shape index (κ2) is 10.6. The summed E-state index contributed by atoms with van der Waals surface area (Å²) in [4.78, 5) is 9.63. The summed E-state index contributed by atoms with van der Waals surface area (Å²) in [6.07, 6.45) is 3.55. The lowest BCUT2D eigenvalue weighted by Crippen LogP contribution is -2.10. The van der Waals surface area contributed by atoms with E-state index in [1.807, 2.05) is 13.8 Å². The third-order valence-corrected chi connectivity index (χ3v) is 4.81. The van der Waals surface area contributed by atoms with Crippen molar-refractivity contribution in [1.82, 2.24) is 0 Å². The monoisotopic (exact) mass is 335 g/mol. The highest BCUT2D eigenvalue weighted by molar-refractivity contribution is 7.91. The molecule has 0 spiro atoms. The lowest BCUT2D eigenvalue weighted by molar-refractivity contribution is -0.384. The number of sulfone groups is 1. The summed E-state index contributed by atoms with van der Waals surface area (Å²) >= 11 is 5.48. The van der Waals surface area contributed by atoms with Gasteiger partial charge in [0.15, 0.2) is 0 Å². The molecule has 5 nitrogen and oxygen atoms in total. The molecule has 0 saturated carbocycles. The first-order valence-electron chi connectivity index (χ1n) is 6.93. The molecule has 0 N–H and O–H groups in total. The molecule has 1 aromatic carbocycles. The smallest absolute Gasteiger partial charge is 0.258 e. The topological polar surface area (TPSA) is 77.3 Å². The molecule has 7 heteroatoms. The van der Waals surface area contributed by atoms with E-state index in [2.05, 4.69) is 0 Å². The van der Waals surface area contributed by atoms with E-state index in [0.717, 1.165) is 25.7 Å². The van der Waals surface area contributed by atoms with Crippen molar-refractivity contribution in [2.75, 3.05) is 11.5 Å². The minimum absolute atomic E-state index is 0.0517. The highest BCUT2D eigenvalue weighted by atomic mass is 35.5. The van der Waals surface area contributed by atoms with Crippen LogP contribution in [0.15, 0.2) is 24.3 Å². The Hall–Kier alpha value is -1.14. The first-order valence-corrected chi connectivity index (χ1v) is 9.13. The number of unbranched alkanes of at least 4 members (excludes halogenated alkanes) is 2. The molecule has 1 aromatic rings. The van der Waals surface area contributed by atoms with Crippen LogP contribution < -0.4 is 0 Å². The number of para-hydroxylation sites is 1. The Bertz CT molecular complexity index is 518. The zero-order chi connectivity index (χ0) is 16.3. The summed E-state index contributed by atoms with van der Waals surface area (Å²) in [6, 6.07) is 6.07. The summed E-state index contributed by atoms with van der Waals surface area (Å²) < 4.78 is 22.3. The highest BCUT2D eigenvalue weighted by Crippen LogP contribution is 2.22. The van der Waals surface area contributed by atoms with Gasteiger partial charge in [0.1, 0.15) is 14.9 Å². The van der Waals surface area contributed by atoms with Gasteiger partial charge in [-0.15, -0.1) is 0 Å². The second-order valence-electron chi connectivity index (χ2n) is 4.57. The summed E-state index contributed by atoms with van der Waals surface area (Å²) in [5.74, 6) is 0.757. The van der Waals surface area contributed by atoms with Gasteiger partial charge in [-0.2, -0.15) is 0 Å². The summed E-state index contributed by atoms with van der Waals surface area (Å²) in [6.45, 7) is 4.02. The number of hydrogen-bond donors (Lipinski definition) is 0. The summed E-state index contributed by atoms with van der Waals surface area (Å²) in [5.41, 5.74) is -0.0517. The fourth-order valence-corrected chi connectivity index (χ4v) is 3.30. The Morgan fingerprint density at radius 2 is 1.57 bits per heavy atom. The Kier molecular flexibility index (Phi) is 9.99. The van der Waals surface area contributed by atoms with Crippen molar-refractivity contribution in [3.8, 4) is 0 Å². The van der Waals surface area contributed by atoms with Gasteiger partial charge in [0, 0.05) is 6.07 Å². The fourth-order valence-electron chi connectivity index (χ4n) is 1.43. The van der Waals surface area contributed by atoms with Gasteiger partial charge < -0.3 is 0 Å². The van der Waals surface area contributed by atoms with Gasteiger partial charge in [-0.25, -0.2) is 8.42 Å². The standard InChI is InChI=1S/C8H18O2S.C6H4ClNO2/c1-3-5-7-11(9,10)8-6-4-2;7-5-3-1-2-4-6(5)8(9)10/h3-8H2,1-2H3;1-4H. The van der Waals surface area contributed by atoms with Gasteiger partial charge in [-0.1, -0.05) is 50.4 Å². The predicted octanol–water partition coefficient (Wildman–Crippen LogP) is 4.25. The fraction of sp³-hybridized carbons (Fsp3) is 0.571. The van der Waals surface area contributed by atoms with Crippen molar-refractivity contribution >= 4 is 27.1 Å². The Morgan fingerprint density at radius 1 is 1.10 bits per heavy atom. The summed E-state index contributed by atoms with van der Waals surface area (Å²) in [7, 11) is -2.71. The Labute approximate surface area is 131 Å². The van der Waals surface area contributed by atoms with Crippen molar-refractivity contribution in [1.29, 1.82) is 0 Å². The van der Waals surface area contributed by atoms with Crippen LogP contribution in [0, 0.1) is 10.1 Å². The van der Waals surface area contributed by atoms with Crippen molar-refractivity contribution in [2.24, 2.45) is 0 Å². The molecular formula is C14H22ClNO4S. The van der Waals surface area contributed by atoms with Crippen LogP contribution >= 0.6 is 11.6 Å². The quantitative estimate of drug-likeness (QED) is 0.551. The van der Waals surface area contributed by atoms with Crippen LogP contribution in [-0.4, -0.2) is 24.8 Å². The average Bonchev–Trinajstić information content (AvgIpc) is 2.44. The summed E-state index contributed by atoms with van der Waals surface area (Å²) in [5, 5.41) is 10.3. The molecule has 0 saturated heterocycles. The van der Waals surface area contributed by atoms with Crippen molar-refractivity contribution < 1.29 is 13.3 Å². The lowest BCUT2D eigenvalue weighted by atomic mass is 10.3. The third-order valence-electron chi connectivity index (χ3n) is 2.67. The average molecular weight is 336 g/mol. The maximum Gasteiger partial charge on any atom is 0.287 e. The lowest BCUT2D eigenvalue weighted by Gasteiger charge is -2.00. The van der Waals surface area contributed by atoms with Crippen LogP contribution in [0.2, 0.25) is 5.02 Å². The molecule has 120 valence electrons. The molecule has 0 fully saturated rings. The van der Waals surface area contributed by atoms with Crippen molar-refractivity contribution in [2.45, 2.75) is 39.5 Å². The van der Waals surface area contributed by atoms with Gasteiger partial charge in [-0.3, -0.25) is 10.1 Å². The van der Waals surface area contributed by atoms with Crippen LogP contribution in [0.5, 0.6) is 0 Å². The molecule has 0 aromatic heterocycles. The molecule has 0 bridgehead atoms. The molecule has 0 unspecified atom stereocenters. The van der Waals surface area contributed by atoms with E-state index in [0.29, 0.717) is 11.5 Å². The molecule has 1 rings (SSSR count). The predicted molar refractivity (Wildman–Crippen MR) is 86.6 cm³/mol. The Balaban J connectivity index is 0.000000382. The highest BCUT2D eigenvalue weighted by Gasteiger charge is 2.08. The zero-order valence-electron chi connectivity index (χ0n) is 12.4. The van der Waals surface area contributed by atoms with Crippen molar-refractivity contribution in [3.05, 3.63) is 39.4 Å². The molecule has 0 heterocycles. The SMILES string of the molecule is CCCCS(=O)(=O)CCCC.O=[N+]([O-])c1ccccc1Cl. The maximum absolute atomic E-state index is 11.1. The van der Waals surface area contributed by atoms with Crippen LogP contribution in [0.25, 0.3) is 0 Å². The van der Waals surface area contributed by atoms with Crippen LogP contribution in [-0.2, 0) is 9.84 Å². The first-order chi connectivity index (χ1) is 9.84. The number of benzene rings is 1. The largest absolute Gasteiger partial charge is 0.287 e. The van der Waals surface area contributed by atoms with Gasteiger partial charge in [0.05, 0.1) is 16.4 Å². The second-order valence-corrected chi connectivity index (χ2v) is 7.28. The Morgan fingerprint density at radius 3 is 1.90 bits per heavy atom. The van der Waals surface area contributed by atoms with Crippen LogP contribution in [0.4, 0.5) is 5.69 Å². The molecule has 0 aliphatic heterocycles. The van der Waals surface area contributed by atoms with E-state index in [1.165, 1.54) is 12.1 Å². The number of nitro benzene ring substituents is 1. The molecule has 21 heavy (non-hydrogen) atoms. The molecular weight excluding hydrogens is 314 g/mol. The van der Waals surface area contributed by atoms with E-state index in [9.17, 15) is 18.5 Å². The van der Waals surface area contributed by atoms with Gasteiger partial charge in [-0.05, 0) is 18.9 Å². The third kappa shape index (κ3) is 9.42. The number of nitrogens with zero attached hydrogens (tertiary/aromatic N) is 1.